The first-order valence-corrected chi connectivity index (χ1v) is 6.24. The third-order valence-corrected chi connectivity index (χ3v) is 3.27. The largest absolute Gasteiger partial charge is 0.385 e. The van der Waals surface area contributed by atoms with Crippen LogP contribution in [0.15, 0.2) is 18.2 Å². The molecule has 0 saturated heterocycles. The molecule has 0 saturated carbocycles. The van der Waals surface area contributed by atoms with E-state index in [1.807, 2.05) is 7.11 Å². The topological polar surface area (TPSA) is 21.3 Å². The van der Waals surface area contributed by atoms with Gasteiger partial charge < -0.3 is 10.1 Å². The van der Waals surface area contributed by atoms with Gasteiger partial charge in [-0.2, -0.15) is 0 Å². The van der Waals surface area contributed by atoms with Crippen molar-refractivity contribution in [2.75, 3.05) is 19.0 Å². The van der Waals surface area contributed by atoms with Crippen molar-refractivity contribution in [3.63, 3.8) is 0 Å². The molecule has 0 spiro atoms. The second-order valence-corrected chi connectivity index (χ2v) is 4.46. The van der Waals surface area contributed by atoms with Gasteiger partial charge in [-0.25, -0.2) is 0 Å². The van der Waals surface area contributed by atoms with Crippen molar-refractivity contribution in [1.82, 2.24) is 0 Å². The van der Waals surface area contributed by atoms with Crippen molar-refractivity contribution < 1.29 is 4.74 Å². The van der Waals surface area contributed by atoms with Crippen LogP contribution in [-0.4, -0.2) is 13.7 Å². The lowest BCUT2D eigenvalue weighted by Gasteiger charge is -2.25. The Morgan fingerprint density at radius 2 is 2.31 bits per heavy atom. The summed E-state index contributed by atoms with van der Waals surface area (Å²) < 4.78 is 5.52. The molecule has 2 heteroatoms. The molecule has 0 aliphatic heterocycles. The van der Waals surface area contributed by atoms with E-state index in [1.54, 1.807) is 0 Å². The van der Waals surface area contributed by atoms with Crippen molar-refractivity contribution in [2.24, 2.45) is 0 Å². The van der Waals surface area contributed by atoms with E-state index in [4.69, 9.17) is 4.74 Å². The van der Waals surface area contributed by atoms with Crippen LogP contribution in [0.25, 0.3) is 0 Å². The highest BCUT2D eigenvalue weighted by atomic mass is 16.5. The molecule has 2 nitrogen and oxygen atoms in total. The van der Waals surface area contributed by atoms with Gasteiger partial charge in [0.2, 0.25) is 0 Å². The summed E-state index contributed by atoms with van der Waals surface area (Å²) in [6.45, 7) is 3.23. The summed E-state index contributed by atoms with van der Waals surface area (Å²) in [5.74, 6) is 0. The van der Waals surface area contributed by atoms with Gasteiger partial charge in [0.1, 0.15) is 0 Å². The molecule has 1 unspecified atom stereocenters. The molecule has 0 aromatic heterocycles. The van der Waals surface area contributed by atoms with Crippen LogP contribution < -0.4 is 5.32 Å². The first kappa shape index (κ1) is 11.5. The van der Waals surface area contributed by atoms with Gasteiger partial charge in [-0.15, -0.1) is 0 Å². The Bertz CT molecular complexity index is 349. The number of ether oxygens (including phenoxy) is 1. The normalized spacial score (nSPS) is 19.2. The number of hydrogen-bond acceptors (Lipinski definition) is 2. The number of rotatable bonds is 4. The van der Waals surface area contributed by atoms with Crippen molar-refractivity contribution in [1.29, 1.82) is 0 Å². The van der Waals surface area contributed by atoms with E-state index >= 15 is 0 Å². The molecule has 0 fully saturated rings. The second-order valence-electron chi connectivity index (χ2n) is 4.46. The number of aryl methyl sites for hydroxylation is 1. The first-order valence-electron chi connectivity index (χ1n) is 6.24. The summed E-state index contributed by atoms with van der Waals surface area (Å²) in [5.41, 5.74) is 4.09. The fourth-order valence-electron chi connectivity index (χ4n) is 2.39. The van der Waals surface area contributed by atoms with Gasteiger partial charge in [0.05, 0.1) is 6.10 Å². The van der Waals surface area contributed by atoms with Crippen LogP contribution in [0, 0.1) is 0 Å². The van der Waals surface area contributed by atoms with Crippen molar-refractivity contribution >= 4 is 5.69 Å². The van der Waals surface area contributed by atoms with Crippen LogP contribution in [0.3, 0.4) is 0 Å². The van der Waals surface area contributed by atoms with E-state index in [2.05, 4.69) is 30.4 Å². The monoisotopic (exact) mass is 219 g/mol. The van der Waals surface area contributed by atoms with Gasteiger partial charge >= 0.3 is 0 Å². The van der Waals surface area contributed by atoms with Gasteiger partial charge in [0.15, 0.2) is 0 Å². The number of nitrogens with one attached hydrogen (secondary N) is 1. The van der Waals surface area contributed by atoms with E-state index in [1.165, 1.54) is 29.7 Å². The maximum Gasteiger partial charge on any atom is 0.0823 e. The van der Waals surface area contributed by atoms with Crippen LogP contribution in [-0.2, 0) is 11.2 Å². The van der Waals surface area contributed by atoms with Gasteiger partial charge in [0, 0.05) is 19.3 Å². The number of hydrogen-bond donors (Lipinski definition) is 1. The van der Waals surface area contributed by atoms with E-state index in [9.17, 15) is 0 Å². The number of methoxy groups -OCH3 is 1. The maximum atomic E-state index is 5.52. The summed E-state index contributed by atoms with van der Waals surface area (Å²) in [6, 6.07) is 6.68. The number of benzene rings is 1. The highest BCUT2D eigenvalue weighted by Gasteiger charge is 2.19. The lowest BCUT2D eigenvalue weighted by Crippen LogP contribution is -2.12. The fraction of sp³-hybridized carbons (Fsp3) is 0.571. The van der Waals surface area contributed by atoms with E-state index < -0.39 is 0 Å². The van der Waals surface area contributed by atoms with Gasteiger partial charge in [-0.05, 0) is 48.9 Å². The zero-order valence-electron chi connectivity index (χ0n) is 10.3. The third-order valence-electron chi connectivity index (χ3n) is 3.27. The summed E-state index contributed by atoms with van der Waals surface area (Å²) in [4.78, 5) is 0. The van der Waals surface area contributed by atoms with Crippen LogP contribution in [0.4, 0.5) is 5.69 Å². The Kier molecular flexibility index (Phi) is 3.83. The summed E-state index contributed by atoms with van der Waals surface area (Å²) >= 11 is 0. The Morgan fingerprint density at radius 1 is 1.44 bits per heavy atom. The molecule has 0 radical (unpaired) electrons. The molecule has 0 bridgehead atoms. The molecule has 0 amide bonds. The molecule has 1 aliphatic rings. The molecule has 1 aromatic rings. The zero-order chi connectivity index (χ0) is 11.4. The Hall–Kier alpha value is -1.02. The average molecular weight is 219 g/mol. The van der Waals surface area contributed by atoms with Crippen molar-refractivity contribution in [3.8, 4) is 0 Å². The molecular weight excluding hydrogens is 198 g/mol. The highest BCUT2D eigenvalue weighted by Crippen LogP contribution is 2.33. The number of fused-ring (bicyclic) bond motifs is 1. The minimum Gasteiger partial charge on any atom is -0.385 e. The minimum absolute atomic E-state index is 0.309. The Morgan fingerprint density at radius 3 is 3.06 bits per heavy atom. The first-order chi connectivity index (χ1) is 7.85. The maximum absolute atomic E-state index is 5.52. The highest BCUT2D eigenvalue weighted by molar-refractivity contribution is 5.50. The fourth-order valence-corrected chi connectivity index (χ4v) is 2.39. The zero-order valence-corrected chi connectivity index (χ0v) is 10.3. The quantitative estimate of drug-likeness (QED) is 0.836. The van der Waals surface area contributed by atoms with E-state index in [-0.39, 0.29) is 0 Å². The lowest BCUT2D eigenvalue weighted by atomic mass is 9.89. The minimum atomic E-state index is 0.309. The molecule has 2 rings (SSSR count). The van der Waals surface area contributed by atoms with Gasteiger partial charge in [-0.1, -0.05) is 13.0 Å². The summed E-state index contributed by atoms with van der Waals surface area (Å²) in [7, 11) is 1.81. The lowest BCUT2D eigenvalue weighted by molar-refractivity contribution is 0.0881. The molecule has 88 valence electrons. The molecule has 16 heavy (non-hydrogen) atoms. The van der Waals surface area contributed by atoms with E-state index in [0.29, 0.717) is 6.10 Å². The summed E-state index contributed by atoms with van der Waals surface area (Å²) in [6.07, 6.45) is 5.06. The average Bonchev–Trinajstić information content (AvgIpc) is 2.35. The summed E-state index contributed by atoms with van der Waals surface area (Å²) in [5, 5.41) is 3.44. The van der Waals surface area contributed by atoms with Crippen LogP contribution in [0.2, 0.25) is 0 Å². The molecule has 1 aromatic carbocycles. The number of anilines is 1. The standard InChI is InChI=1S/C14H21NO/c1-3-9-15-12-7-8-13-11(10-12)5-4-6-14(13)16-2/h7-8,10,14-15H,3-6,9H2,1-2H3. The van der Waals surface area contributed by atoms with Crippen LogP contribution in [0.5, 0.6) is 0 Å². The van der Waals surface area contributed by atoms with Crippen molar-refractivity contribution in [2.45, 2.75) is 38.7 Å². The second kappa shape index (κ2) is 5.35. The third kappa shape index (κ3) is 2.38. The van der Waals surface area contributed by atoms with Crippen LogP contribution >= 0.6 is 0 Å². The molecule has 1 aliphatic carbocycles. The molecule has 1 N–H and O–H groups in total. The SMILES string of the molecule is CCCNc1ccc2c(c1)CCCC2OC. The molecule has 0 heterocycles. The Balaban J connectivity index is 2.18. The predicted octanol–water partition coefficient (Wildman–Crippen LogP) is 3.53. The van der Waals surface area contributed by atoms with E-state index in [0.717, 1.165) is 19.4 Å². The Labute approximate surface area is 98.0 Å². The predicted molar refractivity (Wildman–Crippen MR) is 67.9 cm³/mol. The van der Waals surface area contributed by atoms with Crippen LogP contribution in [0.1, 0.15) is 43.4 Å². The van der Waals surface area contributed by atoms with Gasteiger partial charge in [0.25, 0.3) is 0 Å². The smallest absolute Gasteiger partial charge is 0.0823 e. The molecular formula is C14H21NO. The van der Waals surface area contributed by atoms with Crippen molar-refractivity contribution in [3.05, 3.63) is 29.3 Å². The van der Waals surface area contributed by atoms with Gasteiger partial charge in [-0.3, -0.25) is 0 Å². The molecule has 1 atom stereocenters.